The summed E-state index contributed by atoms with van der Waals surface area (Å²) in [5.41, 5.74) is 1.75. The summed E-state index contributed by atoms with van der Waals surface area (Å²) in [6, 6.07) is 9.70. The van der Waals surface area contributed by atoms with E-state index < -0.39 is 0 Å². The van der Waals surface area contributed by atoms with Crippen LogP contribution in [0.3, 0.4) is 0 Å². The fourth-order valence-corrected chi connectivity index (χ4v) is 3.33. The van der Waals surface area contributed by atoms with Gasteiger partial charge in [0.2, 0.25) is 5.91 Å². The average Bonchev–Trinajstić information content (AvgIpc) is 3.20. The zero-order chi connectivity index (χ0) is 19.6. The highest BCUT2D eigenvalue weighted by Crippen LogP contribution is 2.22. The molecule has 1 aromatic carbocycles. The Labute approximate surface area is 164 Å². The van der Waals surface area contributed by atoms with Gasteiger partial charge < -0.3 is 20.3 Å². The van der Waals surface area contributed by atoms with E-state index in [0.717, 1.165) is 11.3 Å². The standard InChI is InChI=1S/C20H27N3O3S/c1-23(2)18(15-6-4-7-17(12-15)26-3)13-22-19(24)8-5-10-21-20(25)16-9-11-27-14-16/h4,6-7,9,11-12,14,18H,5,8,10,13H2,1-3H3,(H,21,25)(H,22,24). The number of rotatable bonds is 10. The molecule has 0 saturated heterocycles. The van der Waals surface area contributed by atoms with Gasteiger partial charge in [-0.15, -0.1) is 0 Å². The van der Waals surface area contributed by atoms with Crippen LogP contribution >= 0.6 is 11.3 Å². The minimum absolute atomic E-state index is 0.0190. The second kappa shape index (κ2) is 10.7. The molecule has 0 saturated carbocycles. The molecule has 6 nitrogen and oxygen atoms in total. The second-order valence-electron chi connectivity index (χ2n) is 6.43. The van der Waals surface area contributed by atoms with Crippen LogP contribution in [0.15, 0.2) is 41.1 Å². The van der Waals surface area contributed by atoms with E-state index in [-0.39, 0.29) is 17.9 Å². The highest BCUT2D eigenvalue weighted by atomic mass is 32.1. The van der Waals surface area contributed by atoms with Crippen molar-refractivity contribution in [2.75, 3.05) is 34.3 Å². The third-order valence-corrected chi connectivity index (χ3v) is 4.93. The first kappa shape index (κ1) is 20.9. The van der Waals surface area contributed by atoms with Gasteiger partial charge in [0.25, 0.3) is 5.91 Å². The fraction of sp³-hybridized carbons (Fsp3) is 0.400. The van der Waals surface area contributed by atoms with Gasteiger partial charge in [-0.3, -0.25) is 9.59 Å². The normalized spacial score (nSPS) is 11.9. The van der Waals surface area contributed by atoms with Gasteiger partial charge in [-0.25, -0.2) is 0 Å². The number of nitrogens with one attached hydrogen (secondary N) is 2. The monoisotopic (exact) mass is 389 g/mol. The number of benzene rings is 1. The lowest BCUT2D eigenvalue weighted by molar-refractivity contribution is -0.121. The lowest BCUT2D eigenvalue weighted by Gasteiger charge is -2.25. The number of hydrogen-bond donors (Lipinski definition) is 2. The summed E-state index contributed by atoms with van der Waals surface area (Å²) in [5, 5.41) is 9.49. The van der Waals surface area contributed by atoms with Crippen LogP contribution in [0, 0.1) is 0 Å². The van der Waals surface area contributed by atoms with Crippen molar-refractivity contribution >= 4 is 23.2 Å². The molecule has 0 spiro atoms. The quantitative estimate of drug-likeness (QED) is 0.613. The van der Waals surface area contributed by atoms with Gasteiger partial charge in [0, 0.05) is 30.5 Å². The van der Waals surface area contributed by atoms with Gasteiger partial charge in [0.1, 0.15) is 5.75 Å². The van der Waals surface area contributed by atoms with Crippen molar-refractivity contribution in [3.05, 3.63) is 52.2 Å². The predicted octanol–water partition coefficient (Wildman–Crippen LogP) is 2.69. The molecular weight excluding hydrogens is 362 g/mol. The van der Waals surface area contributed by atoms with Crippen molar-refractivity contribution in [2.45, 2.75) is 18.9 Å². The number of amides is 2. The number of hydrogen-bond acceptors (Lipinski definition) is 5. The van der Waals surface area contributed by atoms with Crippen LogP contribution in [-0.4, -0.2) is 51.0 Å². The molecule has 146 valence electrons. The van der Waals surface area contributed by atoms with Gasteiger partial charge in [0.05, 0.1) is 13.2 Å². The molecule has 0 aliphatic carbocycles. The maximum Gasteiger partial charge on any atom is 0.252 e. The van der Waals surface area contributed by atoms with Crippen LogP contribution in [0.4, 0.5) is 0 Å². The first-order chi connectivity index (χ1) is 13.0. The number of carbonyl (C=O) groups excluding carboxylic acids is 2. The summed E-state index contributed by atoms with van der Waals surface area (Å²) in [6.45, 7) is 0.995. The minimum Gasteiger partial charge on any atom is -0.497 e. The summed E-state index contributed by atoms with van der Waals surface area (Å²) in [5.74, 6) is 0.684. The van der Waals surface area contributed by atoms with Crippen molar-refractivity contribution in [3.8, 4) is 5.75 Å². The smallest absolute Gasteiger partial charge is 0.252 e. The Balaban J connectivity index is 1.74. The highest BCUT2D eigenvalue weighted by Gasteiger charge is 2.16. The van der Waals surface area contributed by atoms with Crippen LogP contribution in [0.25, 0.3) is 0 Å². The molecule has 0 aliphatic heterocycles. The molecule has 1 unspecified atom stereocenters. The molecule has 0 fully saturated rings. The molecule has 2 rings (SSSR count). The summed E-state index contributed by atoms with van der Waals surface area (Å²) in [4.78, 5) is 26.0. The maximum atomic E-state index is 12.1. The molecule has 1 atom stereocenters. The maximum absolute atomic E-state index is 12.1. The number of carbonyl (C=O) groups is 2. The molecular formula is C20H27N3O3S. The van der Waals surface area contributed by atoms with Crippen molar-refractivity contribution in [3.63, 3.8) is 0 Å². The molecule has 2 amide bonds. The van der Waals surface area contributed by atoms with E-state index in [1.54, 1.807) is 13.2 Å². The van der Waals surface area contributed by atoms with E-state index in [4.69, 9.17) is 4.74 Å². The minimum atomic E-state index is -0.0950. The molecule has 7 heteroatoms. The average molecular weight is 390 g/mol. The topological polar surface area (TPSA) is 70.7 Å². The number of thiophene rings is 1. The van der Waals surface area contributed by atoms with E-state index in [1.807, 2.05) is 49.1 Å². The Hall–Kier alpha value is -2.38. The van der Waals surface area contributed by atoms with Gasteiger partial charge >= 0.3 is 0 Å². The Morgan fingerprint density at radius 1 is 1.22 bits per heavy atom. The van der Waals surface area contributed by atoms with Crippen LogP contribution < -0.4 is 15.4 Å². The zero-order valence-electron chi connectivity index (χ0n) is 16.0. The third-order valence-electron chi connectivity index (χ3n) is 4.24. The van der Waals surface area contributed by atoms with E-state index in [1.165, 1.54) is 11.3 Å². The van der Waals surface area contributed by atoms with Crippen molar-refractivity contribution in [1.29, 1.82) is 0 Å². The Morgan fingerprint density at radius 3 is 2.70 bits per heavy atom. The van der Waals surface area contributed by atoms with Gasteiger partial charge in [-0.1, -0.05) is 12.1 Å². The van der Waals surface area contributed by atoms with Crippen molar-refractivity contribution < 1.29 is 14.3 Å². The summed E-state index contributed by atoms with van der Waals surface area (Å²) < 4.78 is 5.28. The van der Waals surface area contributed by atoms with E-state index in [9.17, 15) is 9.59 Å². The van der Waals surface area contributed by atoms with Gasteiger partial charge in [-0.2, -0.15) is 11.3 Å². The number of methoxy groups -OCH3 is 1. The van der Waals surface area contributed by atoms with E-state index in [2.05, 4.69) is 15.5 Å². The van der Waals surface area contributed by atoms with E-state index in [0.29, 0.717) is 31.5 Å². The lowest BCUT2D eigenvalue weighted by Crippen LogP contribution is -2.35. The number of likely N-dealkylation sites (N-methyl/N-ethyl adjacent to an activating group) is 1. The molecule has 1 heterocycles. The molecule has 1 aromatic heterocycles. The SMILES string of the molecule is COc1cccc(C(CNC(=O)CCCNC(=O)c2ccsc2)N(C)C)c1. The highest BCUT2D eigenvalue weighted by molar-refractivity contribution is 7.08. The number of nitrogens with zero attached hydrogens (tertiary/aromatic N) is 1. The molecule has 27 heavy (non-hydrogen) atoms. The Bertz CT molecular complexity index is 732. The van der Waals surface area contributed by atoms with Gasteiger partial charge in [0.15, 0.2) is 0 Å². The Morgan fingerprint density at radius 2 is 2.04 bits per heavy atom. The van der Waals surface area contributed by atoms with Gasteiger partial charge in [-0.05, 0) is 49.7 Å². The zero-order valence-corrected chi connectivity index (χ0v) is 16.8. The van der Waals surface area contributed by atoms with Crippen LogP contribution in [0.1, 0.15) is 34.8 Å². The first-order valence-corrected chi connectivity index (χ1v) is 9.83. The lowest BCUT2D eigenvalue weighted by atomic mass is 10.1. The third kappa shape index (κ3) is 6.69. The second-order valence-corrected chi connectivity index (χ2v) is 7.21. The largest absolute Gasteiger partial charge is 0.497 e. The summed E-state index contributed by atoms with van der Waals surface area (Å²) in [6.07, 6.45) is 0.982. The van der Waals surface area contributed by atoms with E-state index >= 15 is 0 Å². The Kier molecular flexibility index (Phi) is 8.29. The number of ether oxygens (including phenoxy) is 1. The molecule has 0 bridgehead atoms. The van der Waals surface area contributed by atoms with Crippen molar-refractivity contribution in [1.82, 2.24) is 15.5 Å². The fourth-order valence-electron chi connectivity index (χ4n) is 2.69. The van der Waals surface area contributed by atoms with Crippen LogP contribution in [0.2, 0.25) is 0 Å². The molecule has 2 N–H and O–H groups in total. The summed E-state index contributed by atoms with van der Waals surface area (Å²) in [7, 11) is 5.61. The molecule has 0 aliphatic rings. The summed E-state index contributed by atoms with van der Waals surface area (Å²) >= 11 is 1.49. The predicted molar refractivity (Wildman–Crippen MR) is 108 cm³/mol. The van der Waals surface area contributed by atoms with Crippen molar-refractivity contribution in [2.24, 2.45) is 0 Å². The van der Waals surface area contributed by atoms with Crippen LogP contribution in [0.5, 0.6) is 5.75 Å². The first-order valence-electron chi connectivity index (χ1n) is 8.88. The molecule has 2 aromatic rings. The molecule has 0 radical (unpaired) electrons. The van der Waals surface area contributed by atoms with Crippen LogP contribution in [-0.2, 0) is 4.79 Å².